The van der Waals surface area contributed by atoms with Gasteiger partial charge in [-0.25, -0.2) is 0 Å². The van der Waals surface area contributed by atoms with Crippen LogP contribution in [0.15, 0.2) is 24.3 Å². The van der Waals surface area contributed by atoms with E-state index in [0.717, 1.165) is 31.9 Å². The Kier molecular flexibility index (Phi) is 7.03. The summed E-state index contributed by atoms with van der Waals surface area (Å²) in [6, 6.07) is 8.36. The van der Waals surface area contributed by atoms with Crippen molar-refractivity contribution in [2.45, 2.75) is 27.2 Å². The Morgan fingerprint density at radius 1 is 1.20 bits per heavy atom. The first-order valence-corrected chi connectivity index (χ1v) is 7.30. The molecule has 3 heteroatoms. The molecule has 0 aliphatic carbocycles. The Hall–Kier alpha value is -1.06. The lowest BCUT2D eigenvalue weighted by atomic mass is 9.77. The summed E-state index contributed by atoms with van der Waals surface area (Å²) in [7, 11) is 3.45. The molecule has 1 unspecified atom stereocenters. The van der Waals surface area contributed by atoms with Crippen molar-refractivity contribution in [3.8, 4) is 5.75 Å². The van der Waals surface area contributed by atoms with Crippen molar-refractivity contribution in [2.75, 3.05) is 33.9 Å². The number of methoxy groups -OCH3 is 2. The summed E-state index contributed by atoms with van der Waals surface area (Å²) in [5, 5.41) is 3.49. The van der Waals surface area contributed by atoms with Gasteiger partial charge in [0.1, 0.15) is 5.75 Å². The molecule has 1 aromatic rings. The summed E-state index contributed by atoms with van der Waals surface area (Å²) in [4.78, 5) is 0. The predicted molar refractivity (Wildman–Crippen MR) is 84.4 cm³/mol. The highest BCUT2D eigenvalue weighted by molar-refractivity contribution is 5.28. The van der Waals surface area contributed by atoms with Crippen molar-refractivity contribution < 1.29 is 9.47 Å². The normalized spacial score (nSPS) is 13.2. The van der Waals surface area contributed by atoms with E-state index in [1.165, 1.54) is 5.56 Å². The molecule has 0 amide bonds. The number of rotatable bonds is 8. The van der Waals surface area contributed by atoms with Crippen LogP contribution < -0.4 is 10.1 Å². The lowest BCUT2D eigenvalue weighted by Crippen LogP contribution is -2.34. The van der Waals surface area contributed by atoms with Gasteiger partial charge in [-0.2, -0.15) is 0 Å². The van der Waals surface area contributed by atoms with Gasteiger partial charge in [-0.1, -0.05) is 32.9 Å². The zero-order valence-corrected chi connectivity index (χ0v) is 13.5. The van der Waals surface area contributed by atoms with Crippen LogP contribution in [0.5, 0.6) is 5.75 Å². The lowest BCUT2D eigenvalue weighted by Gasteiger charge is -2.31. The summed E-state index contributed by atoms with van der Waals surface area (Å²) < 4.78 is 10.4. The predicted octanol–water partition coefficient (Wildman–Crippen LogP) is 3.14. The molecule has 0 saturated carbocycles. The number of hydrogen-bond donors (Lipinski definition) is 1. The third kappa shape index (κ3) is 5.93. The van der Waals surface area contributed by atoms with Crippen molar-refractivity contribution >= 4 is 0 Å². The Morgan fingerprint density at radius 2 is 1.95 bits per heavy atom. The smallest absolute Gasteiger partial charge is 0.119 e. The molecule has 3 nitrogen and oxygen atoms in total. The average Bonchev–Trinajstić information content (AvgIpc) is 2.41. The second kappa shape index (κ2) is 8.28. The Labute approximate surface area is 123 Å². The fourth-order valence-electron chi connectivity index (χ4n) is 2.22. The molecule has 1 aromatic carbocycles. The molecule has 1 N–H and O–H groups in total. The average molecular weight is 279 g/mol. The molecule has 20 heavy (non-hydrogen) atoms. The van der Waals surface area contributed by atoms with Crippen LogP contribution in [0.2, 0.25) is 0 Å². The van der Waals surface area contributed by atoms with E-state index in [1.54, 1.807) is 14.2 Å². The van der Waals surface area contributed by atoms with Crippen molar-refractivity contribution in [1.82, 2.24) is 5.32 Å². The maximum atomic E-state index is 5.30. The van der Waals surface area contributed by atoms with Crippen LogP contribution in [0.25, 0.3) is 0 Å². The van der Waals surface area contributed by atoms with Crippen LogP contribution in [-0.2, 0) is 11.2 Å². The van der Waals surface area contributed by atoms with Crippen LogP contribution >= 0.6 is 0 Å². The molecule has 0 radical (unpaired) electrons. The van der Waals surface area contributed by atoms with Gasteiger partial charge < -0.3 is 14.8 Å². The molecule has 0 aliphatic heterocycles. The number of nitrogens with one attached hydrogen (secondary N) is 1. The van der Waals surface area contributed by atoms with Crippen LogP contribution in [0, 0.1) is 11.3 Å². The maximum Gasteiger partial charge on any atom is 0.119 e. The maximum absolute atomic E-state index is 5.30. The zero-order chi connectivity index (χ0) is 15.0. The molecule has 0 spiro atoms. The standard InChI is InChI=1S/C17H29NO2/c1-17(2,3)15(13-18-9-10-19-4)11-14-7-6-8-16(12-14)20-5/h6-8,12,15,18H,9-11,13H2,1-5H3. The monoisotopic (exact) mass is 279 g/mol. The summed E-state index contributed by atoms with van der Waals surface area (Å²) in [6.45, 7) is 9.57. The number of ether oxygens (including phenoxy) is 2. The summed E-state index contributed by atoms with van der Waals surface area (Å²) in [5.41, 5.74) is 1.60. The molecule has 0 fully saturated rings. The first kappa shape index (κ1) is 17.0. The van der Waals surface area contributed by atoms with Gasteiger partial charge in [0.05, 0.1) is 13.7 Å². The topological polar surface area (TPSA) is 30.5 Å². The second-order valence-electron chi connectivity index (χ2n) is 6.32. The van der Waals surface area contributed by atoms with Gasteiger partial charge in [0.2, 0.25) is 0 Å². The third-order valence-corrected chi connectivity index (χ3v) is 3.71. The molecule has 0 saturated heterocycles. The molecule has 1 rings (SSSR count). The van der Waals surface area contributed by atoms with Gasteiger partial charge in [-0.15, -0.1) is 0 Å². The number of hydrogen-bond acceptors (Lipinski definition) is 3. The van der Waals surface area contributed by atoms with E-state index in [-0.39, 0.29) is 5.41 Å². The lowest BCUT2D eigenvalue weighted by molar-refractivity contribution is 0.186. The highest BCUT2D eigenvalue weighted by atomic mass is 16.5. The third-order valence-electron chi connectivity index (χ3n) is 3.71. The van der Waals surface area contributed by atoms with Crippen molar-refractivity contribution in [1.29, 1.82) is 0 Å². The quantitative estimate of drug-likeness (QED) is 0.742. The Morgan fingerprint density at radius 3 is 2.55 bits per heavy atom. The van der Waals surface area contributed by atoms with Crippen molar-refractivity contribution in [2.24, 2.45) is 11.3 Å². The molecule has 0 aliphatic rings. The molecular weight excluding hydrogens is 250 g/mol. The van der Waals surface area contributed by atoms with Crippen molar-refractivity contribution in [3.63, 3.8) is 0 Å². The molecule has 0 bridgehead atoms. The van der Waals surface area contributed by atoms with Crippen LogP contribution in [0.3, 0.4) is 0 Å². The summed E-state index contributed by atoms with van der Waals surface area (Å²) in [6.07, 6.45) is 1.06. The van der Waals surface area contributed by atoms with E-state index >= 15 is 0 Å². The number of benzene rings is 1. The van der Waals surface area contributed by atoms with E-state index in [9.17, 15) is 0 Å². The molecule has 1 atom stereocenters. The van der Waals surface area contributed by atoms with E-state index < -0.39 is 0 Å². The first-order valence-electron chi connectivity index (χ1n) is 7.30. The largest absolute Gasteiger partial charge is 0.497 e. The van der Waals surface area contributed by atoms with E-state index in [4.69, 9.17) is 9.47 Å². The van der Waals surface area contributed by atoms with Gasteiger partial charge in [0.15, 0.2) is 0 Å². The van der Waals surface area contributed by atoms with Gasteiger partial charge in [0.25, 0.3) is 0 Å². The Bertz CT molecular complexity index is 385. The minimum absolute atomic E-state index is 0.267. The molecule has 0 heterocycles. The van der Waals surface area contributed by atoms with Crippen LogP contribution in [-0.4, -0.2) is 33.9 Å². The SMILES string of the molecule is COCCNCC(Cc1cccc(OC)c1)C(C)(C)C. The first-order chi connectivity index (χ1) is 9.47. The van der Waals surface area contributed by atoms with E-state index in [2.05, 4.69) is 44.3 Å². The van der Waals surface area contributed by atoms with Gasteiger partial charge in [-0.05, 0) is 42.0 Å². The highest BCUT2D eigenvalue weighted by Gasteiger charge is 2.24. The van der Waals surface area contributed by atoms with Crippen molar-refractivity contribution in [3.05, 3.63) is 29.8 Å². The Balaban J connectivity index is 2.64. The minimum Gasteiger partial charge on any atom is -0.497 e. The van der Waals surface area contributed by atoms with Crippen LogP contribution in [0.1, 0.15) is 26.3 Å². The summed E-state index contributed by atoms with van der Waals surface area (Å²) in [5.74, 6) is 1.51. The summed E-state index contributed by atoms with van der Waals surface area (Å²) >= 11 is 0. The second-order valence-corrected chi connectivity index (χ2v) is 6.32. The molecule has 114 valence electrons. The molecule has 0 aromatic heterocycles. The van der Waals surface area contributed by atoms with E-state index in [1.807, 2.05) is 6.07 Å². The van der Waals surface area contributed by atoms with Gasteiger partial charge in [-0.3, -0.25) is 0 Å². The van der Waals surface area contributed by atoms with E-state index in [0.29, 0.717) is 5.92 Å². The van der Waals surface area contributed by atoms with Gasteiger partial charge >= 0.3 is 0 Å². The van der Waals surface area contributed by atoms with Crippen LogP contribution in [0.4, 0.5) is 0 Å². The van der Waals surface area contributed by atoms with Gasteiger partial charge in [0, 0.05) is 13.7 Å². The minimum atomic E-state index is 0.267. The zero-order valence-electron chi connectivity index (χ0n) is 13.5. The highest BCUT2D eigenvalue weighted by Crippen LogP contribution is 2.29. The molecular formula is C17H29NO2. The fraction of sp³-hybridized carbons (Fsp3) is 0.647. The fourth-order valence-corrected chi connectivity index (χ4v) is 2.22.